The Balaban J connectivity index is 3.38. The Bertz CT molecular complexity index is 385. The van der Waals surface area contributed by atoms with Gasteiger partial charge in [-0.05, 0) is 25.7 Å². The van der Waals surface area contributed by atoms with E-state index in [1.54, 1.807) is 0 Å². The summed E-state index contributed by atoms with van der Waals surface area (Å²) >= 11 is 0. The van der Waals surface area contributed by atoms with Crippen molar-refractivity contribution in [1.29, 1.82) is 0 Å². The molecule has 1 unspecified atom stereocenters. The smallest absolute Gasteiger partial charge is 0.305 e. The molecule has 0 amide bonds. The van der Waals surface area contributed by atoms with Gasteiger partial charge >= 0.3 is 5.97 Å². The Hall–Kier alpha value is -1.39. The van der Waals surface area contributed by atoms with Crippen LogP contribution < -0.4 is 0 Å². The van der Waals surface area contributed by atoms with Crippen molar-refractivity contribution in [2.45, 2.75) is 77.2 Å². The molecule has 0 saturated carbocycles. The predicted octanol–water partition coefficient (Wildman–Crippen LogP) is 4.47. The number of aliphatic hydroxyl groups excluding tert-OH is 2. The third kappa shape index (κ3) is 18.8. The summed E-state index contributed by atoms with van der Waals surface area (Å²) in [4.78, 5) is 11.4. The molecule has 0 aliphatic carbocycles. The molecule has 4 nitrogen and oxygen atoms in total. The molecule has 4 heteroatoms. The Morgan fingerprint density at radius 1 is 0.920 bits per heavy atom. The molecule has 1 atom stereocenters. The molecule has 0 aromatic carbocycles. The van der Waals surface area contributed by atoms with Crippen LogP contribution in [0, 0.1) is 0 Å². The molecule has 0 bridgehead atoms. The third-order valence-corrected chi connectivity index (χ3v) is 3.73. The summed E-state index contributed by atoms with van der Waals surface area (Å²) in [6.07, 6.45) is 22.2. The zero-order chi connectivity index (χ0) is 18.6. The van der Waals surface area contributed by atoms with E-state index < -0.39 is 6.10 Å². The van der Waals surface area contributed by atoms with Crippen molar-refractivity contribution in [3.8, 4) is 0 Å². The molecular weight excluding hydrogens is 316 g/mol. The predicted molar refractivity (Wildman–Crippen MR) is 103 cm³/mol. The third-order valence-electron chi connectivity index (χ3n) is 3.73. The van der Waals surface area contributed by atoms with Crippen LogP contribution in [0.5, 0.6) is 0 Å². The highest BCUT2D eigenvalue weighted by atomic mass is 16.5. The van der Waals surface area contributed by atoms with Crippen LogP contribution in [-0.4, -0.2) is 35.5 Å². The van der Waals surface area contributed by atoms with Crippen LogP contribution in [0.15, 0.2) is 36.5 Å². The molecule has 144 valence electrons. The lowest BCUT2D eigenvalue weighted by Gasteiger charge is -2.08. The summed E-state index contributed by atoms with van der Waals surface area (Å²) in [7, 11) is 0. The first-order chi connectivity index (χ1) is 12.2. The minimum absolute atomic E-state index is 0.120. The second-order valence-corrected chi connectivity index (χ2v) is 6.21. The van der Waals surface area contributed by atoms with E-state index in [4.69, 9.17) is 14.9 Å². The topological polar surface area (TPSA) is 66.8 Å². The highest BCUT2D eigenvalue weighted by Crippen LogP contribution is 2.08. The van der Waals surface area contributed by atoms with E-state index in [2.05, 4.69) is 43.4 Å². The molecule has 0 aliphatic rings. The summed E-state index contributed by atoms with van der Waals surface area (Å²) in [6, 6.07) is 0. The summed E-state index contributed by atoms with van der Waals surface area (Å²) in [5.74, 6) is -0.300. The average molecular weight is 353 g/mol. The van der Waals surface area contributed by atoms with E-state index in [1.807, 2.05) is 0 Å². The van der Waals surface area contributed by atoms with Gasteiger partial charge in [-0.2, -0.15) is 0 Å². The summed E-state index contributed by atoms with van der Waals surface area (Å²) in [5, 5.41) is 17.7. The van der Waals surface area contributed by atoms with Crippen LogP contribution in [-0.2, 0) is 9.53 Å². The first kappa shape index (κ1) is 23.6. The van der Waals surface area contributed by atoms with Crippen molar-refractivity contribution in [1.82, 2.24) is 0 Å². The SMILES string of the molecule is CCCCC=CC=CC=CCCCCCCCC(=O)OCC(O)CO. The molecule has 0 aliphatic heterocycles. The number of hydrogen-bond acceptors (Lipinski definition) is 4. The van der Waals surface area contributed by atoms with Crippen LogP contribution in [0.25, 0.3) is 0 Å². The van der Waals surface area contributed by atoms with Crippen LogP contribution in [0.3, 0.4) is 0 Å². The molecule has 0 fully saturated rings. The van der Waals surface area contributed by atoms with Crippen LogP contribution in [0.1, 0.15) is 71.1 Å². The molecule has 0 aromatic rings. The Labute approximate surface area is 153 Å². The van der Waals surface area contributed by atoms with Gasteiger partial charge in [0.1, 0.15) is 12.7 Å². The number of esters is 1. The van der Waals surface area contributed by atoms with Gasteiger partial charge in [0.15, 0.2) is 0 Å². The fourth-order valence-corrected chi connectivity index (χ4v) is 2.18. The van der Waals surface area contributed by atoms with Gasteiger partial charge in [-0.25, -0.2) is 0 Å². The van der Waals surface area contributed by atoms with Gasteiger partial charge in [0.05, 0.1) is 6.61 Å². The van der Waals surface area contributed by atoms with E-state index >= 15 is 0 Å². The fourth-order valence-electron chi connectivity index (χ4n) is 2.18. The maximum atomic E-state index is 11.4. The maximum absolute atomic E-state index is 11.4. The number of carbonyl (C=O) groups is 1. The number of unbranched alkanes of at least 4 members (excludes halogenated alkanes) is 7. The van der Waals surface area contributed by atoms with E-state index in [0.29, 0.717) is 6.42 Å². The molecule has 0 saturated heterocycles. The lowest BCUT2D eigenvalue weighted by Crippen LogP contribution is -2.21. The molecule has 0 aromatic heterocycles. The number of carbonyl (C=O) groups excluding carboxylic acids is 1. The lowest BCUT2D eigenvalue weighted by atomic mass is 10.1. The van der Waals surface area contributed by atoms with E-state index in [1.165, 1.54) is 25.7 Å². The monoisotopic (exact) mass is 352 g/mol. The number of ether oxygens (including phenoxy) is 1. The zero-order valence-corrected chi connectivity index (χ0v) is 15.7. The highest BCUT2D eigenvalue weighted by Gasteiger charge is 2.07. The number of aliphatic hydroxyl groups is 2. The minimum Gasteiger partial charge on any atom is -0.463 e. The zero-order valence-electron chi connectivity index (χ0n) is 15.7. The van der Waals surface area contributed by atoms with Crippen molar-refractivity contribution < 1.29 is 19.7 Å². The second-order valence-electron chi connectivity index (χ2n) is 6.21. The molecule has 0 radical (unpaired) electrons. The Morgan fingerprint density at radius 3 is 2.16 bits per heavy atom. The number of rotatable bonds is 16. The normalized spacial score (nSPS) is 13.2. The van der Waals surface area contributed by atoms with Gasteiger partial charge < -0.3 is 14.9 Å². The fraction of sp³-hybridized carbons (Fsp3) is 0.667. The van der Waals surface area contributed by atoms with Gasteiger partial charge in [-0.1, -0.05) is 75.5 Å². The van der Waals surface area contributed by atoms with Crippen molar-refractivity contribution in [3.05, 3.63) is 36.5 Å². The molecular formula is C21H36O4. The lowest BCUT2D eigenvalue weighted by molar-refractivity contribution is -0.147. The largest absolute Gasteiger partial charge is 0.463 e. The van der Waals surface area contributed by atoms with Crippen molar-refractivity contribution in [2.75, 3.05) is 13.2 Å². The van der Waals surface area contributed by atoms with Crippen LogP contribution >= 0.6 is 0 Å². The van der Waals surface area contributed by atoms with Gasteiger partial charge in [-0.3, -0.25) is 4.79 Å². The maximum Gasteiger partial charge on any atom is 0.305 e. The quantitative estimate of drug-likeness (QED) is 0.244. The van der Waals surface area contributed by atoms with Gasteiger partial charge in [-0.15, -0.1) is 0 Å². The van der Waals surface area contributed by atoms with E-state index in [-0.39, 0.29) is 19.2 Å². The van der Waals surface area contributed by atoms with Crippen molar-refractivity contribution in [3.63, 3.8) is 0 Å². The molecule has 2 N–H and O–H groups in total. The van der Waals surface area contributed by atoms with Crippen LogP contribution in [0.2, 0.25) is 0 Å². The first-order valence-corrected chi connectivity index (χ1v) is 9.63. The Kier molecular flexibility index (Phi) is 17.9. The minimum atomic E-state index is -0.969. The van der Waals surface area contributed by atoms with E-state index in [9.17, 15) is 4.79 Å². The van der Waals surface area contributed by atoms with Gasteiger partial charge in [0.25, 0.3) is 0 Å². The Morgan fingerprint density at radius 2 is 1.52 bits per heavy atom. The summed E-state index contributed by atoms with van der Waals surface area (Å²) in [6.45, 7) is 1.70. The first-order valence-electron chi connectivity index (χ1n) is 9.63. The van der Waals surface area contributed by atoms with E-state index in [0.717, 1.165) is 32.1 Å². The van der Waals surface area contributed by atoms with Crippen LogP contribution in [0.4, 0.5) is 0 Å². The molecule has 0 spiro atoms. The highest BCUT2D eigenvalue weighted by molar-refractivity contribution is 5.69. The van der Waals surface area contributed by atoms with Gasteiger partial charge in [0.2, 0.25) is 0 Å². The molecule has 25 heavy (non-hydrogen) atoms. The summed E-state index contributed by atoms with van der Waals surface area (Å²) in [5.41, 5.74) is 0. The standard InChI is InChI=1S/C21H36O4/c1-2-3-4-5-6-7-8-9-10-11-12-13-14-15-16-17-21(24)25-19-20(23)18-22/h5-10,20,22-23H,2-4,11-19H2,1H3. The van der Waals surface area contributed by atoms with Crippen molar-refractivity contribution in [2.24, 2.45) is 0 Å². The van der Waals surface area contributed by atoms with Crippen molar-refractivity contribution >= 4 is 5.97 Å². The second kappa shape index (κ2) is 18.9. The number of allylic oxidation sites excluding steroid dienone is 6. The number of hydrogen-bond donors (Lipinski definition) is 2. The average Bonchev–Trinajstić information content (AvgIpc) is 2.62. The summed E-state index contributed by atoms with van der Waals surface area (Å²) < 4.78 is 4.84. The molecule has 0 rings (SSSR count). The van der Waals surface area contributed by atoms with Gasteiger partial charge in [0, 0.05) is 6.42 Å². The molecule has 0 heterocycles.